The van der Waals surface area contributed by atoms with Gasteiger partial charge in [0.15, 0.2) is 0 Å². The Labute approximate surface area is 109 Å². The van der Waals surface area contributed by atoms with Crippen molar-refractivity contribution in [1.82, 2.24) is 5.43 Å². The van der Waals surface area contributed by atoms with Gasteiger partial charge in [0.1, 0.15) is 0 Å². The molecule has 2 nitrogen and oxygen atoms in total. The molecule has 2 atom stereocenters. The second kappa shape index (κ2) is 6.05. The molecule has 0 aliphatic carbocycles. The Kier molecular flexibility index (Phi) is 4.70. The van der Waals surface area contributed by atoms with Gasteiger partial charge in [-0.15, -0.1) is 0 Å². The van der Waals surface area contributed by atoms with Crippen LogP contribution in [0, 0.1) is 0 Å². The summed E-state index contributed by atoms with van der Waals surface area (Å²) in [7, 11) is 0. The third-order valence-electron chi connectivity index (χ3n) is 2.97. The molecule has 0 spiro atoms. The van der Waals surface area contributed by atoms with Crippen molar-refractivity contribution in [2.45, 2.75) is 30.6 Å². The number of rotatable bonds is 4. The molecular weight excluding hydrogens is 284 g/mol. The van der Waals surface area contributed by atoms with Crippen LogP contribution in [-0.2, 0) is 6.42 Å². The third kappa shape index (κ3) is 3.23. The summed E-state index contributed by atoms with van der Waals surface area (Å²) >= 11 is 5.54. The van der Waals surface area contributed by atoms with Crippen molar-refractivity contribution < 1.29 is 0 Å². The highest BCUT2D eigenvalue weighted by Crippen LogP contribution is 2.30. The van der Waals surface area contributed by atoms with Crippen molar-refractivity contribution in [3.05, 3.63) is 34.3 Å². The molecule has 1 aliphatic heterocycles. The average Bonchev–Trinajstić information content (AvgIpc) is 2.79. The van der Waals surface area contributed by atoms with Gasteiger partial charge in [0.25, 0.3) is 0 Å². The van der Waals surface area contributed by atoms with Gasteiger partial charge in [-0.1, -0.05) is 28.1 Å². The Balaban J connectivity index is 2.00. The Hall–Kier alpha value is -0.0300. The lowest BCUT2D eigenvalue weighted by molar-refractivity contribution is 0.496. The van der Waals surface area contributed by atoms with Gasteiger partial charge >= 0.3 is 0 Å². The fourth-order valence-electron chi connectivity index (χ4n) is 2.14. The fourth-order valence-corrected chi connectivity index (χ4v) is 3.96. The van der Waals surface area contributed by atoms with Crippen molar-refractivity contribution in [2.24, 2.45) is 5.84 Å². The summed E-state index contributed by atoms with van der Waals surface area (Å²) in [6.07, 6.45) is 3.62. The maximum absolute atomic E-state index is 5.66. The average molecular weight is 301 g/mol. The third-order valence-corrected chi connectivity index (χ3v) is 4.98. The van der Waals surface area contributed by atoms with Crippen molar-refractivity contribution in [3.63, 3.8) is 0 Å². The van der Waals surface area contributed by atoms with Crippen molar-refractivity contribution >= 4 is 27.7 Å². The van der Waals surface area contributed by atoms with E-state index in [0.717, 1.165) is 10.9 Å². The summed E-state index contributed by atoms with van der Waals surface area (Å²) in [6, 6.07) is 8.86. The molecule has 2 rings (SSSR count). The van der Waals surface area contributed by atoms with Crippen LogP contribution in [-0.4, -0.2) is 17.0 Å². The minimum atomic E-state index is 0.391. The quantitative estimate of drug-likeness (QED) is 0.663. The van der Waals surface area contributed by atoms with E-state index in [1.165, 1.54) is 24.2 Å². The number of hydrazine groups is 1. The first kappa shape index (κ1) is 12.4. The molecule has 1 aromatic rings. The zero-order valence-electron chi connectivity index (χ0n) is 9.16. The van der Waals surface area contributed by atoms with E-state index in [1.54, 1.807) is 0 Å². The van der Waals surface area contributed by atoms with Crippen LogP contribution >= 0.6 is 27.7 Å². The largest absolute Gasteiger partial charge is 0.271 e. The number of thioether (sulfide) groups is 1. The van der Waals surface area contributed by atoms with Gasteiger partial charge in [-0.2, -0.15) is 11.8 Å². The van der Waals surface area contributed by atoms with E-state index in [0.29, 0.717) is 11.3 Å². The van der Waals surface area contributed by atoms with Gasteiger partial charge in [-0.3, -0.25) is 11.3 Å². The minimum absolute atomic E-state index is 0.391. The smallest absolute Gasteiger partial charge is 0.0369 e. The van der Waals surface area contributed by atoms with Crippen molar-refractivity contribution in [3.8, 4) is 0 Å². The number of hydrogen-bond donors (Lipinski definition) is 2. The van der Waals surface area contributed by atoms with E-state index in [2.05, 4.69) is 45.6 Å². The summed E-state index contributed by atoms with van der Waals surface area (Å²) in [5.74, 6) is 6.94. The molecule has 0 radical (unpaired) electrons. The lowest BCUT2D eigenvalue weighted by Crippen LogP contribution is -2.43. The van der Waals surface area contributed by atoms with E-state index in [4.69, 9.17) is 5.84 Å². The molecule has 0 bridgehead atoms. The van der Waals surface area contributed by atoms with Crippen LogP contribution < -0.4 is 11.3 Å². The normalized spacial score (nSPS) is 22.2. The zero-order valence-corrected chi connectivity index (χ0v) is 11.6. The lowest BCUT2D eigenvalue weighted by Gasteiger charge is -2.22. The second-order valence-electron chi connectivity index (χ2n) is 4.16. The second-order valence-corrected chi connectivity index (χ2v) is 6.42. The highest BCUT2D eigenvalue weighted by atomic mass is 79.9. The Morgan fingerprint density at radius 2 is 2.44 bits per heavy atom. The van der Waals surface area contributed by atoms with Crippen LogP contribution in [0.1, 0.15) is 18.4 Å². The van der Waals surface area contributed by atoms with Crippen LogP contribution in [0.15, 0.2) is 28.7 Å². The first-order valence-corrected chi connectivity index (χ1v) is 7.46. The minimum Gasteiger partial charge on any atom is -0.271 e. The maximum atomic E-state index is 5.66. The van der Waals surface area contributed by atoms with E-state index in [1.807, 2.05) is 11.8 Å². The lowest BCUT2D eigenvalue weighted by atomic mass is 10.0. The number of hydrogen-bond acceptors (Lipinski definition) is 3. The number of nitrogens with one attached hydrogen (secondary N) is 1. The molecule has 1 saturated heterocycles. The van der Waals surface area contributed by atoms with Crippen molar-refractivity contribution in [1.29, 1.82) is 0 Å². The predicted molar refractivity (Wildman–Crippen MR) is 74.4 cm³/mol. The van der Waals surface area contributed by atoms with E-state index >= 15 is 0 Å². The van der Waals surface area contributed by atoms with Gasteiger partial charge in [0.2, 0.25) is 0 Å². The summed E-state index contributed by atoms with van der Waals surface area (Å²) in [6.45, 7) is 0. The van der Waals surface area contributed by atoms with Crippen molar-refractivity contribution in [2.75, 3.05) is 5.75 Å². The highest BCUT2D eigenvalue weighted by molar-refractivity contribution is 9.10. The van der Waals surface area contributed by atoms with Crippen LogP contribution in [0.2, 0.25) is 0 Å². The fraction of sp³-hybridized carbons (Fsp3) is 0.500. The van der Waals surface area contributed by atoms with Gasteiger partial charge in [-0.05, 0) is 42.7 Å². The Morgan fingerprint density at radius 3 is 3.06 bits per heavy atom. The first-order valence-electron chi connectivity index (χ1n) is 5.62. The zero-order chi connectivity index (χ0) is 11.4. The molecule has 1 aromatic carbocycles. The maximum Gasteiger partial charge on any atom is 0.0369 e. The van der Waals surface area contributed by atoms with E-state index in [9.17, 15) is 0 Å². The molecule has 3 N–H and O–H groups in total. The summed E-state index contributed by atoms with van der Waals surface area (Å²) < 4.78 is 1.14. The highest BCUT2D eigenvalue weighted by Gasteiger charge is 2.24. The molecule has 2 unspecified atom stereocenters. The molecule has 0 aromatic heterocycles. The Bertz CT molecular complexity index is 340. The van der Waals surface area contributed by atoms with Gasteiger partial charge in [-0.25, -0.2) is 0 Å². The summed E-state index contributed by atoms with van der Waals surface area (Å²) in [5.41, 5.74) is 4.31. The molecule has 1 aliphatic rings. The molecule has 1 heterocycles. The number of benzene rings is 1. The van der Waals surface area contributed by atoms with Gasteiger partial charge < -0.3 is 0 Å². The monoisotopic (exact) mass is 300 g/mol. The molecular formula is C12H17BrN2S. The van der Waals surface area contributed by atoms with Crippen LogP contribution in [0.25, 0.3) is 0 Å². The standard InChI is InChI=1S/C12H17BrN2S/c13-10-4-1-3-9(7-10)8-11(15-14)12-5-2-6-16-12/h1,3-4,7,11-12,15H,2,5-6,8,14H2. The first-order chi connectivity index (χ1) is 7.79. The van der Waals surface area contributed by atoms with Crippen LogP contribution in [0.3, 0.4) is 0 Å². The molecule has 4 heteroatoms. The van der Waals surface area contributed by atoms with Crippen LogP contribution in [0.5, 0.6) is 0 Å². The molecule has 1 fully saturated rings. The topological polar surface area (TPSA) is 38.0 Å². The van der Waals surface area contributed by atoms with E-state index < -0.39 is 0 Å². The molecule has 16 heavy (non-hydrogen) atoms. The predicted octanol–water partition coefficient (Wildman–Crippen LogP) is 2.72. The van der Waals surface area contributed by atoms with Gasteiger partial charge in [0.05, 0.1) is 0 Å². The summed E-state index contributed by atoms with van der Waals surface area (Å²) in [5, 5.41) is 0.670. The molecule has 88 valence electrons. The number of halogens is 1. The van der Waals surface area contributed by atoms with Gasteiger partial charge in [0, 0.05) is 15.8 Å². The van der Waals surface area contributed by atoms with E-state index in [-0.39, 0.29) is 0 Å². The summed E-state index contributed by atoms with van der Waals surface area (Å²) in [4.78, 5) is 0. The number of nitrogens with two attached hydrogens (primary N) is 1. The SMILES string of the molecule is NNC(Cc1cccc(Br)c1)C1CCCS1. The Morgan fingerprint density at radius 1 is 1.56 bits per heavy atom. The molecule has 0 amide bonds. The molecule has 0 saturated carbocycles. The van der Waals surface area contributed by atoms with Crippen LogP contribution in [0.4, 0.5) is 0 Å².